The van der Waals surface area contributed by atoms with Gasteiger partial charge in [0.15, 0.2) is 0 Å². The highest BCUT2D eigenvalue weighted by Gasteiger charge is 2.19. The van der Waals surface area contributed by atoms with Crippen LogP contribution in [0.15, 0.2) is 243 Å². The first-order valence-electron chi connectivity index (χ1n) is 21.9. The Kier molecular flexibility index (Phi) is 10.3. The molecule has 0 amide bonds. The molecule has 11 rings (SSSR count). The van der Waals surface area contributed by atoms with Crippen LogP contribution >= 0.6 is 0 Å². The normalized spacial score (nSPS) is 11.6. The van der Waals surface area contributed by atoms with Gasteiger partial charge in [0.25, 0.3) is 0 Å². The molecule has 0 N–H and O–H groups in total. The van der Waals surface area contributed by atoms with E-state index in [2.05, 4.69) is 276 Å². The van der Waals surface area contributed by atoms with Crippen molar-refractivity contribution in [1.82, 2.24) is 9.13 Å². The number of aromatic nitrogens is 2. The van der Waals surface area contributed by atoms with Crippen LogP contribution in [0.2, 0.25) is 0 Å². The molecule has 0 aliphatic carbocycles. The molecule has 0 radical (unpaired) electrons. The van der Waals surface area contributed by atoms with E-state index in [0.29, 0.717) is 0 Å². The molecular weight excluding hydrogens is 773 g/mol. The average molecular weight is 817 g/mol. The van der Waals surface area contributed by atoms with Crippen LogP contribution in [0.1, 0.15) is 22.3 Å². The van der Waals surface area contributed by atoms with E-state index in [1.54, 1.807) is 0 Å². The summed E-state index contributed by atoms with van der Waals surface area (Å²) in [4.78, 5) is 0. The smallest absolute Gasteiger partial charge is 0.0542 e. The Labute approximate surface area is 374 Å². The Balaban J connectivity index is 1.06. The molecule has 0 atom stereocenters. The molecule has 302 valence electrons. The average Bonchev–Trinajstić information content (AvgIpc) is 3.94. The Morgan fingerprint density at radius 1 is 0.234 bits per heavy atom. The lowest BCUT2D eigenvalue weighted by molar-refractivity contribution is 1.13. The van der Waals surface area contributed by atoms with Gasteiger partial charge in [-0.05, 0) is 104 Å². The second-order valence-electron chi connectivity index (χ2n) is 16.3. The van der Waals surface area contributed by atoms with Gasteiger partial charge in [-0.15, -0.1) is 0 Å². The van der Waals surface area contributed by atoms with Crippen LogP contribution in [-0.2, 0) is 0 Å². The first-order chi connectivity index (χ1) is 31.7. The van der Waals surface area contributed by atoms with E-state index in [4.69, 9.17) is 0 Å². The monoisotopic (exact) mass is 816 g/mol. The number of hydrogen-bond acceptors (Lipinski definition) is 0. The summed E-state index contributed by atoms with van der Waals surface area (Å²) in [7, 11) is 0. The Hall–Kier alpha value is -8.46. The van der Waals surface area contributed by atoms with Crippen LogP contribution in [0.4, 0.5) is 0 Å². The number of rotatable bonds is 10. The zero-order valence-corrected chi connectivity index (χ0v) is 35.3. The molecule has 0 bridgehead atoms. The molecule has 0 aliphatic heterocycles. The molecular formula is C62H44N2. The molecule has 0 aliphatic rings. The van der Waals surface area contributed by atoms with Crippen LogP contribution < -0.4 is 0 Å². The Morgan fingerprint density at radius 3 is 0.859 bits per heavy atom. The maximum atomic E-state index is 2.43. The van der Waals surface area contributed by atoms with Gasteiger partial charge in [-0.1, -0.05) is 218 Å². The van der Waals surface area contributed by atoms with Crippen LogP contribution in [0.25, 0.3) is 102 Å². The fraction of sp³-hybridized carbons (Fsp3) is 0. The van der Waals surface area contributed by atoms with Gasteiger partial charge in [-0.25, -0.2) is 0 Å². The number of hydrogen-bond donors (Lipinski definition) is 0. The lowest BCUT2D eigenvalue weighted by atomic mass is 10.0. The van der Waals surface area contributed by atoms with Crippen LogP contribution in [-0.4, -0.2) is 9.13 Å². The summed E-state index contributed by atoms with van der Waals surface area (Å²) in [6.07, 6.45) is 8.71. The minimum atomic E-state index is 1.11. The highest BCUT2D eigenvalue weighted by atomic mass is 15.0. The summed E-state index contributed by atoms with van der Waals surface area (Å²) in [5.41, 5.74) is 18.7. The minimum absolute atomic E-state index is 1.11. The van der Waals surface area contributed by atoms with E-state index in [9.17, 15) is 0 Å². The standard InChI is InChI=1S/C62H44N2/c1-5-13-45(14-6-1)21-23-47-25-37-57(38-26-47)63-59(53-33-29-51(30-34-53)49-17-9-3-10-18-49)41-55-44-62-56(43-61(55)63)42-60(54-35-31-52(32-36-54)50-19-11-4-12-20-50)64(62)58-39-27-48(28-40-58)24-22-46-15-7-2-8-16-46/h1-44H. The van der Waals surface area contributed by atoms with E-state index >= 15 is 0 Å². The van der Waals surface area contributed by atoms with Crippen molar-refractivity contribution in [2.24, 2.45) is 0 Å². The maximum absolute atomic E-state index is 2.43. The summed E-state index contributed by atoms with van der Waals surface area (Å²) in [5, 5.41) is 2.35. The molecule has 2 heteroatoms. The third-order valence-electron chi connectivity index (χ3n) is 12.1. The largest absolute Gasteiger partial charge is 0.309 e. The summed E-state index contributed by atoms with van der Waals surface area (Å²) in [6.45, 7) is 0. The van der Waals surface area contributed by atoms with Crippen LogP contribution in [0.5, 0.6) is 0 Å². The zero-order chi connectivity index (χ0) is 42.7. The molecule has 9 aromatic carbocycles. The van der Waals surface area contributed by atoms with Gasteiger partial charge in [0.05, 0.1) is 22.4 Å². The van der Waals surface area contributed by atoms with Gasteiger partial charge in [0.1, 0.15) is 0 Å². The summed E-state index contributed by atoms with van der Waals surface area (Å²) < 4.78 is 4.85. The van der Waals surface area contributed by atoms with E-state index < -0.39 is 0 Å². The van der Waals surface area contributed by atoms with E-state index in [1.165, 1.54) is 44.2 Å². The summed E-state index contributed by atoms with van der Waals surface area (Å²) in [5.74, 6) is 0. The van der Waals surface area contributed by atoms with Crippen molar-refractivity contribution in [3.05, 3.63) is 265 Å². The zero-order valence-electron chi connectivity index (χ0n) is 35.3. The lowest BCUT2D eigenvalue weighted by Crippen LogP contribution is -1.98. The Morgan fingerprint density at radius 2 is 0.516 bits per heavy atom. The van der Waals surface area contributed by atoms with Gasteiger partial charge in [0, 0.05) is 22.1 Å². The SMILES string of the molecule is C(=Cc1ccc(-n2c(-c3ccc(-c4ccccc4)cc3)cc3cc4c(cc(-c5ccc(-c6ccccc6)cc5)n4-c4ccc(C=Cc5ccccc5)cc4)cc32)cc1)c1ccccc1. The van der Waals surface area contributed by atoms with Gasteiger partial charge in [0.2, 0.25) is 0 Å². The predicted molar refractivity (Wildman–Crippen MR) is 273 cm³/mol. The third-order valence-corrected chi connectivity index (χ3v) is 12.1. The first kappa shape index (κ1) is 38.5. The minimum Gasteiger partial charge on any atom is -0.309 e. The van der Waals surface area contributed by atoms with E-state index in [-0.39, 0.29) is 0 Å². The van der Waals surface area contributed by atoms with Gasteiger partial charge in [-0.2, -0.15) is 0 Å². The van der Waals surface area contributed by atoms with Crippen molar-refractivity contribution in [1.29, 1.82) is 0 Å². The topological polar surface area (TPSA) is 9.86 Å². The molecule has 0 spiro atoms. The second kappa shape index (κ2) is 17.1. The fourth-order valence-electron chi connectivity index (χ4n) is 8.80. The van der Waals surface area contributed by atoms with Crippen molar-refractivity contribution in [2.45, 2.75) is 0 Å². The van der Waals surface area contributed by atoms with Crippen LogP contribution in [0.3, 0.4) is 0 Å². The lowest BCUT2D eigenvalue weighted by Gasteiger charge is -2.13. The van der Waals surface area contributed by atoms with Crippen molar-refractivity contribution >= 4 is 46.1 Å². The molecule has 2 aromatic heterocycles. The third kappa shape index (κ3) is 7.81. The van der Waals surface area contributed by atoms with E-state index in [1.807, 2.05) is 0 Å². The highest BCUT2D eigenvalue weighted by molar-refractivity contribution is 6.02. The second-order valence-corrected chi connectivity index (χ2v) is 16.3. The predicted octanol–water partition coefficient (Wildman–Crippen LogP) is 16.6. The number of nitrogens with zero attached hydrogens (tertiary/aromatic N) is 2. The molecule has 0 unspecified atom stereocenters. The number of benzene rings is 9. The van der Waals surface area contributed by atoms with Crippen molar-refractivity contribution in [3.8, 4) is 56.1 Å². The van der Waals surface area contributed by atoms with Crippen LogP contribution in [0, 0.1) is 0 Å². The Bertz CT molecular complexity index is 3160. The molecule has 0 saturated carbocycles. The summed E-state index contributed by atoms with van der Waals surface area (Å²) >= 11 is 0. The van der Waals surface area contributed by atoms with Gasteiger partial charge < -0.3 is 9.13 Å². The fourth-order valence-corrected chi connectivity index (χ4v) is 8.80. The molecule has 0 fully saturated rings. The van der Waals surface area contributed by atoms with Crippen molar-refractivity contribution < 1.29 is 0 Å². The quantitative estimate of drug-likeness (QED) is 0.122. The molecule has 2 nitrogen and oxygen atoms in total. The molecule has 0 saturated heterocycles. The molecule has 2 heterocycles. The van der Waals surface area contributed by atoms with Crippen molar-refractivity contribution in [2.75, 3.05) is 0 Å². The van der Waals surface area contributed by atoms with Gasteiger partial charge >= 0.3 is 0 Å². The van der Waals surface area contributed by atoms with Crippen molar-refractivity contribution in [3.63, 3.8) is 0 Å². The molecule has 11 aromatic rings. The first-order valence-corrected chi connectivity index (χ1v) is 21.9. The molecule has 64 heavy (non-hydrogen) atoms. The maximum Gasteiger partial charge on any atom is 0.0542 e. The van der Waals surface area contributed by atoms with Gasteiger partial charge in [-0.3, -0.25) is 0 Å². The summed E-state index contributed by atoms with van der Waals surface area (Å²) in [6, 6.07) is 87.4. The van der Waals surface area contributed by atoms with E-state index in [0.717, 1.165) is 56.0 Å². The highest BCUT2D eigenvalue weighted by Crippen LogP contribution is 2.39. The number of fused-ring (bicyclic) bond motifs is 2.